The molecule has 1 aromatic carbocycles. The number of anilines is 1. The van der Waals surface area contributed by atoms with Gasteiger partial charge in [-0.15, -0.1) is 0 Å². The molecule has 0 heterocycles. The molecule has 0 aromatic heterocycles. The number of halogens is 4. The van der Waals surface area contributed by atoms with Gasteiger partial charge in [-0.05, 0) is 18.6 Å². The van der Waals surface area contributed by atoms with Crippen LogP contribution in [0.3, 0.4) is 0 Å². The fourth-order valence-corrected chi connectivity index (χ4v) is 0.587. The summed E-state index contributed by atoms with van der Waals surface area (Å²) in [6.45, 7) is 2.00. The van der Waals surface area contributed by atoms with Gasteiger partial charge in [-0.2, -0.15) is 0 Å². The predicted octanol–water partition coefficient (Wildman–Crippen LogP) is 2.88. The molecule has 0 atom stereocenters. The normalized spacial score (nSPS) is 10.2. The Hall–Kier alpha value is -1.20. The van der Waals surface area contributed by atoms with Crippen molar-refractivity contribution in [2.75, 3.05) is 5.73 Å². The summed E-state index contributed by atoms with van der Waals surface area (Å²) in [6, 6.07) is 7.80. The molecule has 74 valence electrons. The summed E-state index contributed by atoms with van der Waals surface area (Å²) in [4.78, 5) is 0. The third-order valence-electron chi connectivity index (χ3n) is 1.19. The predicted molar refractivity (Wildman–Crippen MR) is 45.8 cm³/mol. The summed E-state index contributed by atoms with van der Waals surface area (Å²) in [5.41, 5.74) is 7.53. The average molecular weight is 194 g/mol. The van der Waals surface area contributed by atoms with E-state index in [2.05, 4.69) is 0 Å². The fraction of sp³-hybridized carbons (Fsp3) is 0.143. The number of aryl methyl sites for hydroxylation is 1. The summed E-state index contributed by atoms with van der Waals surface area (Å²) >= 11 is 0. The monoisotopic (exact) mass is 194 g/mol. The van der Waals surface area contributed by atoms with Crippen molar-refractivity contribution < 1.29 is 17.3 Å². The zero-order valence-corrected chi connectivity index (χ0v) is 6.98. The number of hydrogen-bond acceptors (Lipinski definition) is 1. The first-order valence-corrected chi connectivity index (χ1v) is 3.49. The maximum atomic E-state index is 9.75. The van der Waals surface area contributed by atoms with Crippen molar-refractivity contribution in [2.45, 2.75) is 6.92 Å². The zero-order valence-electron chi connectivity index (χ0n) is 6.98. The Bertz CT molecular complexity index is 234. The first-order valence-electron chi connectivity index (χ1n) is 3.49. The van der Waals surface area contributed by atoms with Crippen molar-refractivity contribution in [1.29, 1.82) is 0 Å². The molecule has 0 radical (unpaired) electrons. The molecular weight excluding hydrogens is 185 g/mol. The summed E-state index contributed by atoms with van der Waals surface area (Å²) in [6.07, 6.45) is 0. The van der Waals surface area contributed by atoms with Crippen molar-refractivity contribution in [3.05, 3.63) is 29.8 Å². The van der Waals surface area contributed by atoms with Gasteiger partial charge in [-0.3, -0.25) is 0 Å². The van der Waals surface area contributed by atoms with E-state index in [1.54, 1.807) is 0 Å². The van der Waals surface area contributed by atoms with Crippen molar-refractivity contribution in [1.82, 2.24) is 0 Å². The molecule has 0 aliphatic heterocycles. The van der Waals surface area contributed by atoms with E-state index in [9.17, 15) is 17.3 Å². The largest absolute Gasteiger partial charge is 0.673 e. The smallest absolute Gasteiger partial charge is 0.418 e. The van der Waals surface area contributed by atoms with Crippen LogP contribution in [0.5, 0.6) is 0 Å². The van der Waals surface area contributed by atoms with Gasteiger partial charge < -0.3 is 23.0 Å². The minimum absolute atomic E-state index is 0.868. The number of nitrogens with two attached hydrogens (primary N) is 1. The lowest BCUT2D eigenvalue weighted by Crippen LogP contribution is -2.02. The third-order valence-corrected chi connectivity index (χ3v) is 1.19. The topological polar surface area (TPSA) is 26.0 Å². The van der Waals surface area contributed by atoms with E-state index < -0.39 is 7.25 Å². The number of para-hydroxylation sites is 1. The zero-order chi connectivity index (χ0) is 10.5. The number of benzene rings is 1. The summed E-state index contributed by atoms with van der Waals surface area (Å²) in [5.74, 6) is 0. The first-order chi connectivity index (χ1) is 5.80. The molecule has 1 rings (SSSR count). The van der Waals surface area contributed by atoms with Crippen LogP contribution >= 0.6 is 0 Å². The molecule has 0 spiro atoms. The molecule has 0 aliphatic carbocycles. The van der Waals surface area contributed by atoms with E-state index in [4.69, 9.17) is 5.73 Å². The quantitative estimate of drug-likeness (QED) is 0.383. The van der Waals surface area contributed by atoms with Gasteiger partial charge in [0.2, 0.25) is 0 Å². The fourth-order valence-electron chi connectivity index (χ4n) is 0.587. The maximum Gasteiger partial charge on any atom is 0.673 e. The molecule has 1 nitrogen and oxygen atoms in total. The molecular formula is C7H9BF4N-. The third kappa shape index (κ3) is 8.71. The van der Waals surface area contributed by atoms with E-state index in [0.29, 0.717) is 0 Å². The Morgan fingerprint density at radius 1 is 1.08 bits per heavy atom. The van der Waals surface area contributed by atoms with E-state index >= 15 is 0 Å². The van der Waals surface area contributed by atoms with E-state index in [-0.39, 0.29) is 0 Å². The molecule has 0 amide bonds. The highest BCUT2D eigenvalue weighted by Gasteiger charge is 2.20. The highest BCUT2D eigenvalue weighted by molar-refractivity contribution is 6.50. The van der Waals surface area contributed by atoms with Gasteiger partial charge in [0.25, 0.3) is 0 Å². The summed E-state index contributed by atoms with van der Waals surface area (Å²) in [7, 11) is -6.00. The minimum atomic E-state index is -6.00. The average Bonchev–Trinajstić information content (AvgIpc) is 1.92. The lowest BCUT2D eigenvalue weighted by atomic mass is 10.2. The SMILES string of the molecule is Cc1ccccc1N.F[B-](F)(F)F. The standard InChI is InChI=1S/C7H9N.BF4/c1-6-4-2-3-5-7(6)8;2-1(3,4)5/h2-5H,8H2,1H3;/q;-1. The van der Waals surface area contributed by atoms with Crippen LogP contribution in [-0.4, -0.2) is 7.25 Å². The molecule has 6 heteroatoms. The Labute approximate surface area is 73.7 Å². The minimum Gasteiger partial charge on any atom is -0.418 e. The lowest BCUT2D eigenvalue weighted by Gasteiger charge is -1.94. The molecule has 2 N–H and O–H groups in total. The van der Waals surface area contributed by atoms with Crippen LogP contribution in [0.25, 0.3) is 0 Å². The van der Waals surface area contributed by atoms with Crippen molar-refractivity contribution in [3.63, 3.8) is 0 Å². The van der Waals surface area contributed by atoms with E-state index in [1.807, 2.05) is 31.2 Å². The Balaban J connectivity index is 0.000000252. The lowest BCUT2D eigenvalue weighted by molar-refractivity contribution is 0.368. The molecule has 13 heavy (non-hydrogen) atoms. The summed E-state index contributed by atoms with van der Waals surface area (Å²) < 4.78 is 39.0. The first kappa shape index (κ1) is 11.8. The van der Waals surface area contributed by atoms with Gasteiger partial charge in [0.15, 0.2) is 0 Å². The Morgan fingerprint density at radius 3 is 1.69 bits per heavy atom. The Kier molecular flexibility index (Phi) is 4.30. The number of nitrogen functional groups attached to an aromatic ring is 1. The van der Waals surface area contributed by atoms with Gasteiger partial charge in [-0.1, -0.05) is 18.2 Å². The molecule has 0 fully saturated rings. The molecule has 0 bridgehead atoms. The maximum absolute atomic E-state index is 9.75. The van der Waals surface area contributed by atoms with Crippen molar-refractivity contribution in [3.8, 4) is 0 Å². The van der Waals surface area contributed by atoms with Crippen LogP contribution in [0.4, 0.5) is 23.0 Å². The van der Waals surface area contributed by atoms with Crippen molar-refractivity contribution >= 4 is 12.9 Å². The van der Waals surface area contributed by atoms with Crippen LogP contribution in [0.2, 0.25) is 0 Å². The Morgan fingerprint density at radius 2 is 1.46 bits per heavy atom. The van der Waals surface area contributed by atoms with Crippen LogP contribution in [0.15, 0.2) is 24.3 Å². The highest BCUT2D eigenvalue weighted by Crippen LogP contribution is 2.07. The van der Waals surface area contributed by atoms with Crippen LogP contribution < -0.4 is 5.73 Å². The van der Waals surface area contributed by atoms with Gasteiger partial charge in [0.05, 0.1) is 0 Å². The molecule has 0 saturated carbocycles. The van der Waals surface area contributed by atoms with Gasteiger partial charge in [0, 0.05) is 5.69 Å². The molecule has 0 saturated heterocycles. The number of hydrogen-bond donors (Lipinski definition) is 1. The van der Waals surface area contributed by atoms with Gasteiger partial charge in [0.1, 0.15) is 0 Å². The second-order valence-electron chi connectivity index (χ2n) is 2.35. The van der Waals surface area contributed by atoms with E-state index in [0.717, 1.165) is 11.3 Å². The second kappa shape index (κ2) is 4.74. The van der Waals surface area contributed by atoms with Gasteiger partial charge in [-0.25, -0.2) is 0 Å². The van der Waals surface area contributed by atoms with Crippen molar-refractivity contribution in [2.24, 2.45) is 0 Å². The van der Waals surface area contributed by atoms with E-state index in [1.165, 1.54) is 0 Å². The van der Waals surface area contributed by atoms with Crippen LogP contribution in [-0.2, 0) is 0 Å². The number of rotatable bonds is 0. The van der Waals surface area contributed by atoms with Crippen LogP contribution in [0.1, 0.15) is 5.56 Å². The molecule has 0 unspecified atom stereocenters. The van der Waals surface area contributed by atoms with Gasteiger partial charge >= 0.3 is 7.25 Å². The highest BCUT2D eigenvalue weighted by atomic mass is 19.5. The molecule has 0 aliphatic rings. The second-order valence-corrected chi connectivity index (χ2v) is 2.35. The molecule has 1 aromatic rings. The summed E-state index contributed by atoms with van der Waals surface area (Å²) in [5, 5.41) is 0. The van der Waals surface area contributed by atoms with Crippen LogP contribution in [0, 0.1) is 6.92 Å².